The molecule has 152 valence electrons. The number of hydrogen-bond acceptors (Lipinski definition) is 4. The largest absolute Gasteiger partial charge is 0.497 e. The summed E-state index contributed by atoms with van der Waals surface area (Å²) in [6.07, 6.45) is 0.591. The van der Waals surface area contributed by atoms with Crippen molar-refractivity contribution < 1.29 is 19.1 Å². The molecule has 4 amide bonds. The van der Waals surface area contributed by atoms with Crippen LogP contribution in [-0.2, 0) is 21.5 Å². The van der Waals surface area contributed by atoms with Gasteiger partial charge in [0.05, 0.1) is 7.11 Å². The average molecular weight is 416 g/mol. The molecule has 2 N–H and O–H groups in total. The second-order valence-corrected chi connectivity index (χ2v) is 7.34. The summed E-state index contributed by atoms with van der Waals surface area (Å²) in [5.41, 5.74) is 0.310. The van der Waals surface area contributed by atoms with Crippen LogP contribution in [0.4, 0.5) is 4.79 Å². The van der Waals surface area contributed by atoms with Gasteiger partial charge in [-0.1, -0.05) is 35.9 Å². The molecule has 0 radical (unpaired) electrons. The van der Waals surface area contributed by atoms with Crippen LogP contribution < -0.4 is 15.4 Å². The minimum atomic E-state index is -1.26. The molecular weight excluding hydrogens is 394 g/mol. The van der Waals surface area contributed by atoms with E-state index in [0.29, 0.717) is 29.3 Å². The van der Waals surface area contributed by atoms with Gasteiger partial charge in [-0.15, -0.1) is 0 Å². The lowest BCUT2D eigenvalue weighted by Crippen LogP contribution is -2.43. The Hall–Kier alpha value is -3.06. The molecule has 0 aromatic heterocycles. The monoisotopic (exact) mass is 415 g/mol. The van der Waals surface area contributed by atoms with E-state index in [9.17, 15) is 14.4 Å². The highest BCUT2D eigenvalue weighted by atomic mass is 35.5. The lowest BCUT2D eigenvalue weighted by atomic mass is 9.92. The van der Waals surface area contributed by atoms with E-state index in [2.05, 4.69) is 10.6 Å². The maximum Gasteiger partial charge on any atom is 0.325 e. The molecule has 1 heterocycles. The molecule has 1 aliphatic heterocycles. The van der Waals surface area contributed by atoms with Gasteiger partial charge in [0.1, 0.15) is 17.8 Å². The van der Waals surface area contributed by atoms with Crippen LogP contribution in [0, 0.1) is 0 Å². The van der Waals surface area contributed by atoms with E-state index in [-0.39, 0.29) is 6.54 Å². The molecule has 1 atom stereocenters. The molecule has 3 rings (SSSR count). The Morgan fingerprint density at radius 2 is 1.97 bits per heavy atom. The first-order valence-corrected chi connectivity index (χ1v) is 9.51. The zero-order valence-electron chi connectivity index (χ0n) is 16.2. The van der Waals surface area contributed by atoms with Gasteiger partial charge in [0.2, 0.25) is 5.91 Å². The molecule has 2 aromatic carbocycles. The van der Waals surface area contributed by atoms with Crippen molar-refractivity contribution in [3.63, 3.8) is 0 Å². The van der Waals surface area contributed by atoms with Gasteiger partial charge in [0.25, 0.3) is 5.91 Å². The number of carbonyl (C=O) groups excluding carboxylic acids is 3. The number of hydrogen-bond donors (Lipinski definition) is 2. The Morgan fingerprint density at radius 1 is 1.21 bits per heavy atom. The van der Waals surface area contributed by atoms with Crippen molar-refractivity contribution in [2.75, 3.05) is 20.2 Å². The molecular formula is C21H22ClN3O4. The number of halogens is 1. The van der Waals surface area contributed by atoms with Crippen molar-refractivity contribution in [1.29, 1.82) is 0 Å². The van der Waals surface area contributed by atoms with Crippen LogP contribution in [0.1, 0.15) is 18.1 Å². The number of rotatable bonds is 7. The highest BCUT2D eigenvalue weighted by molar-refractivity contribution is 6.30. The first-order chi connectivity index (χ1) is 13.8. The van der Waals surface area contributed by atoms with E-state index < -0.39 is 23.4 Å². The van der Waals surface area contributed by atoms with Gasteiger partial charge >= 0.3 is 6.03 Å². The average Bonchev–Trinajstić information content (AvgIpc) is 2.92. The molecule has 0 spiro atoms. The van der Waals surface area contributed by atoms with Gasteiger partial charge < -0.3 is 15.4 Å². The number of ether oxygens (including phenoxy) is 1. The van der Waals surface area contributed by atoms with Crippen molar-refractivity contribution in [3.8, 4) is 5.75 Å². The van der Waals surface area contributed by atoms with Crippen LogP contribution in [0.2, 0.25) is 5.02 Å². The van der Waals surface area contributed by atoms with Crippen LogP contribution >= 0.6 is 11.6 Å². The number of carbonyl (C=O) groups is 3. The van der Waals surface area contributed by atoms with Crippen molar-refractivity contribution in [2.45, 2.75) is 18.9 Å². The Bertz CT molecular complexity index is 949. The molecule has 0 unspecified atom stereocenters. The predicted molar refractivity (Wildman–Crippen MR) is 109 cm³/mol. The lowest BCUT2D eigenvalue weighted by molar-refractivity contribution is -0.134. The molecule has 1 saturated heterocycles. The molecule has 8 heteroatoms. The topological polar surface area (TPSA) is 87.7 Å². The van der Waals surface area contributed by atoms with Gasteiger partial charge in [0, 0.05) is 11.6 Å². The number of methoxy groups -OCH3 is 1. The van der Waals surface area contributed by atoms with E-state index in [0.717, 1.165) is 10.5 Å². The SMILES string of the molecule is COc1cccc([C@@]2(C)NC(=O)N(CC(=O)NCCc3cccc(Cl)c3)C2=O)c1. The van der Waals surface area contributed by atoms with Crippen molar-refractivity contribution in [3.05, 3.63) is 64.7 Å². The summed E-state index contributed by atoms with van der Waals surface area (Å²) < 4.78 is 5.19. The minimum absolute atomic E-state index is 0.347. The second kappa shape index (κ2) is 8.53. The maximum absolute atomic E-state index is 12.9. The normalized spacial score (nSPS) is 18.5. The number of nitrogens with one attached hydrogen (secondary N) is 2. The summed E-state index contributed by atoms with van der Waals surface area (Å²) in [5.74, 6) is -0.325. The fourth-order valence-electron chi connectivity index (χ4n) is 3.21. The first kappa shape index (κ1) is 20.7. The summed E-state index contributed by atoms with van der Waals surface area (Å²) in [7, 11) is 1.52. The third-order valence-electron chi connectivity index (χ3n) is 4.85. The lowest BCUT2D eigenvalue weighted by Gasteiger charge is -2.22. The number of urea groups is 1. The van der Waals surface area contributed by atoms with Crippen LogP contribution in [0.5, 0.6) is 5.75 Å². The zero-order chi connectivity index (χ0) is 21.0. The Kier molecular flexibility index (Phi) is 6.08. The molecule has 1 fully saturated rings. The minimum Gasteiger partial charge on any atom is -0.497 e. The number of amides is 4. The fraction of sp³-hybridized carbons (Fsp3) is 0.286. The van der Waals surface area contributed by atoms with Crippen LogP contribution in [-0.4, -0.2) is 42.9 Å². The Balaban J connectivity index is 1.61. The van der Waals surface area contributed by atoms with Crippen molar-refractivity contribution in [1.82, 2.24) is 15.5 Å². The Labute approximate surface area is 174 Å². The molecule has 0 aliphatic carbocycles. The van der Waals surface area contributed by atoms with Gasteiger partial charge in [-0.3, -0.25) is 14.5 Å². The molecule has 0 saturated carbocycles. The first-order valence-electron chi connectivity index (χ1n) is 9.13. The molecule has 29 heavy (non-hydrogen) atoms. The zero-order valence-corrected chi connectivity index (χ0v) is 17.0. The van der Waals surface area contributed by atoms with E-state index in [4.69, 9.17) is 16.3 Å². The molecule has 1 aliphatic rings. The van der Waals surface area contributed by atoms with Gasteiger partial charge in [0.15, 0.2) is 0 Å². The standard InChI is InChI=1S/C21H22ClN3O4/c1-21(15-6-4-8-17(12-15)29-2)19(27)25(20(28)24-21)13-18(26)23-10-9-14-5-3-7-16(22)11-14/h3-8,11-12H,9-10,13H2,1-2H3,(H,23,26)(H,24,28)/t21-/m1/s1. The van der Waals surface area contributed by atoms with E-state index in [1.807, 2.05) is 18.2 Å². The maximum atomic E-state index is 12.9. The predicted octanol–water partition coefficient (Wildman–Crippen LogP) is 2.47. The quantitative estimate of drug-likeness (QED) is 0.680. The third-order valence-corrected chi connectivity index (χ3v) is 5.08. The number of benzene rings is 2. The highest BCUT2D eigenvalue weighted by Gasteiger charge is 2.49. The Morgan fingerprint density at radius 3 is 2.69 bits per heavy atom. The number of nitrogens with zero attached hydrogens (tertiary/aromatic N) is 1. The van der Waals surface area contributed by atoms with Crippen LogP contribution in [0.25, 0.3) is 0 Å². The number of imide groups is 1. The van der Waals surface area contributed by atoms with E-state index in [1.165, 1.54) is 7.11 Å². The highest BCUT2D eigenvalue weighted by Crippen LogP contribution is 2.30. The summed E-state index contributed by atoms with van der Waals surface area (Å²) in [6, 6.07) is 13.7. The van der Waals surface area contributed by atoms with E-state index >= 15 is 0 Å². The van der Waals surface area contributed by atoms with Gasteiger partial charge in [-0.25, -0.2) is 4.79 Å². The summed E-state index contributed by atoms with van der Waals surface area (Å²) >= 11 is 5.94. The fourth-order valence-corrected chi connectivity index (χ4v) is 3.42. The van der Waals surface area contributed by atoms with Crippen molar-refractivity contribution in [2.24, 2.45) is 0 Å². The smallest absolute Gasteiger partial charge is 0.325 e. The second-order valence-electron chi connectivity index (χ2n) is 6.91. The summed E-state index contributed by atoms with van der Waals surface area (Å²) in [6.45, 7) is 1.63. The van der Waals surface area contributed by atoms with E-state index in [1.54, 1.807) is 37.3 Å². The summed E-state index contributed by atoms with van der Waals surface area (Å²) in [5, 5.41) is 6.04. The van der Waals surface area contributed by atoms with Gasteiger partial charge in [-0.2, -0.15) is 0 Å². The molecule has 7 nitrogen and oxygen atoms in total. The molecule has 2 aromatic rings. The van der Waals surface area contributed by atoms with Crippen molar-refractivity contribution >= 4 is 29.4 Å². The summed E-state index contributed by atoms with van der Waals surface area (Å²) in [4.78, 5) is 38.5. The van der Waals surface area contributed by atoms with Crippen LogP contribution in [0.3, 0.4) is 0 Å². The van der Waals surface area contributed by atoms with Crippen LogP contribution in [0.15, 0.2) is 48.5 Å². The third kappa shape index (κ3) is 4.51. The van der Waals surface area contributed by atoms with Gasteiger partial charge in [-0.05, 0) is 48.7 Å². The molecule has 0 bridgehead atoms.